The number of hydrogen-bond donors (Lipinski definition) is 2. The predicted octanol–water partition coefficient (Wildman–Crippen LogP) is 3.73. The Balaban J connectivity index is 1.22. The van der Waals surface area contributed by atoms with Gasteiger partial charge in [0, 0.05) is 43.8 Å². The molecule has 6 fully saturated rings. The molecule has 2 unspecified atom stereocenters. The summed E-state index contributed by atoms with van der Waals surface area (Å²) in [5.41, 5.74) is -0.832. The standard InChI is InChI=1S/C43H59N3O12/c1-5-7-11-19-42(20-12-8-6-2)56-32-30-24-43(40(52)45-22-13-16-29(45)37(49)44-21-23-47)34(38(50)54-30)46(58-35(43)33(32)57-42)25-28-15-10-9-14-27(28)17-18-31(48)55-36-39(51)53-26-41(36,3)4/h9-10,14-15,17-18,29-30,32-36,47H,5-8,11-13,16,19-26H2,1-4H3,(H,44,49)/t29-,30?,32+,33+,34+,35-,36+,43?/m1/s1. The smallest absolute Gasteiger partial charge is 0.348 e. The van der Waals surface area contributed by atoms with Gasteiger partial charge in [0.1, 0.15) is 42.5 Å². The van der Waals surface area contributed by atoms with Crippen LogP contribution < -0.4 is 5.32 Å². The van der Waals surface area contributed by atoms with E-state index in [4.69, 9.17) is 28.5 Å². The van der Waals surface area contributed by atoms with Crippen LogP contribution >= 0.6 is 0 Å². The average Bonchev–Trinajstić information content (AvgIpc) is 3.98. The minimum Gasteiger partial charge on any atom is -0.462 e. The molecule has 15 nitrogen and oxygen atoms in total. The van der Waals surface area contributed by atoms with Crippen LogP contribution in [-0.4, -0.2) is 119 Å². The highest BCUT2D eigenvalue weighted by Crippen LogP contribution is 2.59. The van der Waals surface area contributed by atoms with Crippen molar-refractivity contribution in [2.24, 2.45) is 10.8 Å². The number of cyclic esters (lactones) is 1. The first kappa shape index (κ1) is 42.2. The Bertz CT molecular complexity index is 1740. The molecule has 1 saturated carbocycles. The molecule has 318 valence electrons. The Labute approximate surface area is 340 Å². The maximum absolute atomic E-state index is 15.3. The molecule has 2 bridgehead atoms. The summed E-state index contributed by atoms with van der Waals surface area (Å²) in [4.78, 5) is 76.8. The van der Waals surface area contributed by atoms with Gasteiger partial charge in [-0.15, -0.1) is 0 Å². The summed E-state index contributed by atoms with van der Waals surface area (Å²) < 4.78 is 30.8. The molecule has 5 aliphatic heterocycles. The molecule has 0 radical (unpaired) electrons. The first-order chi connectivity index (χ1) is 27.9. The van der Waals surface area contributed by atoms with Crippen LogP contribution in [0.5, 0.6) is 0 Å². The molecule has 0 spiro atoms. The molecule has 1 aliphatic carbocycles. The number of rotatable bonds is 17. The van der Waals surface area contributed by atoms with Gasteiger partial charge in [0.05, 0.1) is 13.2 Å². The van der Waals surface area contributed by atoms with Crippen molar-refractivity contribution in [1.82, 2.24) is 15.3 Å². The summed E-state index contributed by atoms with van der Waals surface area (Å²) in [6.45, 7) is 8.18. The lowest BCUT2D eigenvalue weighted by Crippen LogP contribution is -2.70. The van der Waals surface area contributed by atoms with Crippen molar-refractivity contribution >= 4 is 35.8 Å². The van der Waals surface area contributed by atoms with Crippen molar-refractivity contribution in [2.45, 2.75) is 153 Å². The Hall–Kier alpha value is -3.89. The molecular formula is C43H59N3O12. The van der Waals surface area contributed by atoms with Gasteiger partial charge in [-0.1, -0.05) is 77.6 Å². The molecule has 15 heteroatoms. The summed E-state index contributed by atoms with van der Waals surface area (Å²) in [7, 11) is 0. The van der Waals surface area contributed by atoms with Crippen LogP contribution in [-0.2, 0) is 59.0 Å². The second-order valence-electron chi connectivity index (χ2n) is 17.3. The Morgan fingerprint density at radius 1 is 1.00 bits per heavy atom. The van der Waals surface area contributed by atoms with E-state index in [-0.39, 0.29) is 44.5 Å². The molecule has 5 heterocycles. The SMILES string of the molecule is CCCCCC1(CCCCC)O[C@@H]2[C@H]3ON(Cc4ccccc4C=CC(=O)O[C@H]4C(=O)OCC4(C)C)[C@H]4C(=O)OC(CC34C(=O)N3CCC[C@@H]3C(=O)NCCO)[C@@H]2O1. The van der Waals surface area contributed by atoms with E-state index < -0.39 is 77.1 Å². The third-order valence-corrected chi connectivity index (χ3v) is 12.7. The number of aliphatic hydroxyl groups excluding tert-OH is 1. The second-order valence-corrected chi connectivity index (χ2v) is 17.3. The lowest BCUT2D eigenvalue weighted by atomic mass is 9.62. The number of nitrogens with zero attached hydrogens (tertiary/aromatic N) is 2. The number of fused-ring (bicyclic) bond motifs is 4. The normalized spacial score (nSPS) is 31.9. The summed E-state index contributed by atoms with van der Waals surface area (Å²) in [6.07, 6.45) is 6.95. The zero-order chi connectivity index (χ0) is 41.2. The van der Waals surface area contributed by atoms with Crippen molar-refractivity contribution in [3.8, 4) is 0 Å². The van der Waals surface area contributed by atoms with Gasteiger partial charge in [-0.3, -0.25) is 19.2 Å². The van der Waals surface area contributed by atoms with E-state index >= 15 is 4.79 Å². The molecule has 2 amide bonds. The van der Waals surface area contributed by atoms with Crippen LogP contribution in [0.25, 0.3) is 6.08 Å². The molecule has 8 atom stereocenters. The molecule has 58 heavy (non-hydrogen) atoms. The molecule has 5 saturated heterocycles. The molecule has 2 N–H and O–H groups in total. The topological polar surface area (TPSA) is 179 Å². The van der Waals surface area contributed by atoms with Crippen LogP contribution in [0.15, 0.2) is 30.3 Å². The van der Waals surface area contributed by atoms with Crippen LogP contribution in [0, 0.1) is 10.8 Å². The fraction of sp³-hybridized carbons (Fsp3) is 0.698. The first-order valence-corrected chi connectivity index (χ1v) is 21.2. The number of benzene rings is 1. The largest absolute Gasteiger partial charge is 0.462 e. The number of likely N-dealkylation sites (tertiary alicyclic amines) is 1. The number of nitrogens with one attached hydrogen (secondary N) is 1. The van der Waals surface area contributed by atoms with Crippen molar-refractivity contribution in [1.29, 1.82) is 0 Å². The number of hydrogen-bond acceptors (Lipinski definition) is 13. The number of unbranched alkanes of at least 4 members (excludes halogenated alkanes) is 4. The summed E-state index contributed by atoms with van der Waals surface area (Å²) in [5.74, 6) is -3.58. The number of amides is 2. The zero-order valence-corrected chi connectivity index (χ0v) is 34.2. The van der Waals surface area contributed by atoms with E-state index in [1.54, 1.807) is 37.0 Å². The van der Waals surface area contributed by atoms with Crippen molar-refractivity contribution < 1.29 is 57.6 Å². The molecular weight excluding hydrogens is 750 g/mol. The highest BCUT2D eigenvalue weighted by atomic mass is 16.8. The maximum atomic E-state index is 15.3. The fourth-order valence-corrected chi connectivity index (χ4v) is 9.78. The molecule has 0 aromatic heterocycles. The number of aliphatic hydroxyl groups is 1. The number of carbonyl (C=O) groups excluding carboxylic acids is 5. The Morgan fingerprint density at radius 3 is 2.41 bits per heavy atom. The van der Waals surface area contributed by atoms with Crippen molar-refractivity contribution in [3.63, 3.8) is 0 Å². The van der Waals surface area contributed by atoms with Gasteiger partial charge >= 0.3 is 17.9 Å². The van der Waals surface area contributed by atoms with E-state index in [9.17, 15) is 24.3 Å². The molecule has 6 aliphatic rings. The minimum absolute atomic E-state index is 0.0321. The summed E-state index contributed by atoms with van der Waals surface area (Å²) in [6, 6.07) is 5.32. The third-order valence-electron chi connectivity index (χ3n) is 12.7. The highest BCUT2D eigenvalue weighted by molar-refractivity contribution is 5.96. The van der Waals surface area contributed by atoms with E-state index in [0.29, 0.717) is 43.4 Å². The van der Waals surface area contributed by atoms with Crippen LogP contribution in [0.1, 0.15) is 109 Å². The van der Waals surface area contributed by atoms with E-state index in [1.807, 2.05) is 12.1 Å². The maximum Gasteiger partial charge on any atom is 0.348 e. The Morgan fingerprint density at radius 2 is 1.72 bits per heavy atom. The Kier molecular flexibility index (Phi) is 12.7. The van der Waals surface area contributed by atoms with E-state index in [0.717, 1.165) is 38.5 Å². The first-order valence-electron chi connectivity index (χ1n) is 21.2. The van der Waals surface area contributed by atoms with Gasteiger partial charge in [0.25, 0.3) is 0 Å². The second kappa shape index (κ2) is 17.4. The van der Waals surface area contributed by atoms with Crippen LogP contribution in [0.3, 0.4) is 0 Å². The quantitative estimate of drug-likeness (QED) is 0.101. The minimum atomic E-state index is -1.47. The fourth-order valence-electron chi connectivity index (χ4n) is 9.78. The third kappa shape index (κ3) is 7.92. The van der Waals surface area contributed by atoms with Crippen molar-refractivity contribution in [3.05, 3.63) is 41.5 Å². The summed E-state index contributed by atoms with van der Waals surface area (Å²) in [5, 5.41) is 13.6. The van der Waals surface area contributed by atoms with Crippen molar-refractivity contribution in [2.75, 3.05) is 26.3 Å². The molecule has 1 aromatic carbocycles. The van der Waals surface area contributed by atoms with Crippen LogP contribution in [0.2, 0.25) is 0 Å². The van der Waals surface area contributed by atoms with Gasteiger partial charge < -0.3 is 39.0 Å². The average molecular weight is 810 g/mol. The zero-order valence-electron chi connectivity index (χ0n) is 34.2. The van der Waals surface area contributed by atoms with Gasteiger partial charge in [-0.2, -0.15) is 5.06 Å². The summed E-state index contributed by atoms with van der Waals surface area (Å²) >= 11 is 0. The molecule has 7 rings (SSSR count). The highest BCUT2D eigenvalue weighted by Gasteiger charge is 2.77. The van der Waals surface area contributed by atoms with Gasteiger partial charge in [0.2, 0.25) is 17.9 Å². The number of hydroxylamine groups is 2. The van der Waals surface area contributed by atoms with Crippen LogP contribution in [0.4, 0.5) is 0 Å². The number of carbonyl (C=O) groups is 5. The predicted molar refractivity (Wildman–Crippen MR) is 207 cm³/mol. The monoisotopic (exact) mass is 809 g/mol. The lowest BCUT2D eigenvalue weighted by molar-refractivity contribution is -0.225. The lowest BCUT2D eigenvalue weighted by Gasteiger charge is -2.50. The molecule has 1 aromatic rings. The van der Waals surface area contributed by atoms with E-state index in [1.165, 1.54) is 11.1 Å². The van der Waals surface area contributed by atoms with Gasteiger partial charge in [-0.25, -0.2) is 9.59 Å². The number of ether oxygens (including phenoxy) is 5. The van der Waals surface area contributed by atoms with Gasteiger partial charge in [0.15, 0.2) is 11.8 Å². The number of esters is 3. The van der Waals surface area contributed by atoms with E-state index in [2.05, 4.69) is 19.2 Å². The van der Waals surface area contributed by atoms with Gasteiger partial charge in [-0.05, 0) is 42.9 Å².